The van der Waals surface area contributed by atoms with Gasteiger partial charge in [-0.3, -0.25) is 9.98 Å². The van der Waals surface area contributed by atoms with Crippen LogP contribution in [0.4, 0.5) is 0 Å². The monoisotopic (exact) mass is 374 g/mol. The first-order valence-corrected chi connectivity index (χ1v) is 9.43. The summed E-state index contributed by atoms with van der Waals surface area (Å²) >= 11 is 0. The quantitative estimate of drug-likeness (QED) is 0.467. The number of guanidine groups is 1. The van der Waals surface area contributed by atoms with Crippen molar-refractivity contribution in [1.29, 1.82) is 0 Å². The van der Waals surface area contributed by atoms with E-state index < -0.39 is 0 Å². The summed E-state index contributed by atoms with van der Waals surface area (Å²) < 4.78 is 5.78. The van der Waals surface area contributed by atoms with Crippen molar-refractivity contribution in [3.63, 3.8) is 0 Å². The van der Waals surface area contributed by atoms with E-state index in [1.54, 1.807) is 7.05 Å². The average Bonchev–Trinajstić information content (AvgIpc) is 2.77. The molecule has 0 atom stereocenters. The Morgan fingerprint density at radius 1 is 0.893 bits per heavy atom. The molecule has 0 amide bonds. The molecule has 3 rings (SSSR count). The predicted octanol–water partition coefficient (Wildman–Crippen LogP) is 3.57. The minimum atomic E-state index is 0.564. The van der Waals surface area contributed by atoms with Gasteiger partial charge in [-0.05, 0) is 35.4 Å². The Hall–Kier alpha value is -3.34. The highest BCUT2D eigenvalue weighted by molar-refractivity contribution is 5.79. The van der Waals surface area contributed by atoms with Gasteiger partial charge < -0.3 is 15.4 Å². The second kappa shape index (κ2) is 10.7. The normalized spacial score (nSPS) is 11.1. The number of rotatable bonds is 8. The number of hydrogen-bond donors (Lipinski definition) is 2. The van der Waals surface area contributed by atoms with E-state index in [9.17, 15) is 0 Å². The number of para-hydroxylation sites is 1. The number of ether oxygens (including phenoxy) is 1. The molecule has 0 aliphatic carbocycles. The van der Waals surface area contributed by atoms with Gasteiger partial charge in [0, 0.05) is 38.4 Å². The number of aliphatic imine (C=N–C) groups is 1. The van der Waals surface area contributed by atoms with Gasteiger partial charge in [-0.25, -0.2) is 0 Å². The lowest BCUT2D eigenvalue weighted by molar-refractivity contribution is 0.306. The zero-order valence-corrected chi connectivity index (χ0v) is 16.1. The van der Waals surface area contributed by atoms with E-state index in [0.717, 1.165) is 35.9 Å². The van der Waals surface area contributed by atoms with Gasteiger partial charge in [0.1, 0.15) is 12.4 Å². The fourth-order valence-corrected chi connectivity index (χ4v) is 2.70. The Labute approximate surface area is 166 Å². The topological polar surface area (TPSA) is 58.5 Å². The lowest BCUT2D eigenvalue weighted by atomic mass is 10.1. The molecule has 5 nitrogen and oxygen atoms in total. The van der Waals surface area contributed by atoms with E-state index in [0.29, 0.717) is 13.2 Å². The molecule has 0 aliphatic heterocycles. The Morgan fingerprint density at radius 2 is 1.64 bits per heavy atom. The maximum atomic E-state index is 5.78. The fraction of sp³-hybridized carbons (Fsp3) is 0.217. The van der Waals surface area contributed by atoms with E-state index >= 15 is 0 Å². The summed E-state index contributed by atoms with van der Waals surface area (Å²) in [6.07, 6.45) is 2.68. The molecule has 0 bridgehead atoms. The van der Waals surface area contributed by atoms with Gasteiger partial charge in [-0.15, -0.1) is 0 Å². The van der Waals surface area contributed by atoms with Crippen molar-refractivity contribution < 1.29 is 4.74 Å². The first-order chi connectivity index (χ1) is 13.8. The van der Waals surface area contributed by atoms with Crippen molar-refractivity contribution in [1.82, 2.24) is 15.6 Å². The first-order valence-electron chi connectivity index (χ1n) is 9.43. The van der Waals surface area contributed by atoms with E-state index in [4.69, 9.17) is 4.74 Å². The van der Waals surface area contributed by atoms with Crippen molar-refractivity contribution in [3.05, 3.63) is 95.8 Å². The first kappa shape index (κ1) is 19.4. The third kappa shape index (κ3) is 6.43. The van der Waals surface area contributed by atoms with Gasteiger partial charge in [0.2, 0.25) is 0 Å². The predicted molar refractivity (Wildman–Crippen MR) is 113 cm³/mol. The highest BCUT2D eigenvalue weighted by Crippen LogP contribution is 2.12. The molecule has 1 heterocycles. The van der Waals surface area contributed by atoms with Gasteiger partial charge in [0.25, 0.3) is 0 Å². The lowest BCUT2D eigenvalue weighted by Gasteiger charge is -2.12. The highest BCUT2D eigenvalue weighted by Gasteiger charge is 2.01. The van der Waals surface area contributed by atoms with Crippen LogP contribution < -0.4 is 15.4 Å². The zero-order chi connectivity index (χ0) is 19.4. The van der Waals surface area contributed by atoms with Gasteiger partial charge in [0.15, 0.2) is 5.96 Å². The number of aromatic nitrogens is 1. The number of nitrogens with one attached hydrogen (secondary N) is 2. The van der Waals surface area contributed by atoms with Crippen LogP contribution >= 0.6 is 0 Å². The second-order valence-electron chi connectivity index (χ2n) is 6.34. The largest absolute Gasteiger partial charge is 0.489 e. The van der Waals surface area contributed by atoms with E-state index in [1.807, 2.05) is 54.7 Å². The molecule has 0 radical (unpaired) electrons. The minimum absolute atomic E-state index is 0.564. The molecule has 0 spiro atoms. The third-order valence-electron chi connectivity index (χ3n) is 4.25. The molecule has 2 N–H and O–H groups in total. The maximum Gasteiger partial charge on any atom is 0.191 e. The highest BCUT2D eigenvalue weighted by atomic mass is 16.5. The molecule has 28 heavy (non-hydrogen) atoms. The van der Waals surface area contributed by atoms with Crippen molar-refractivity contribution in [2.75, 3.05) is 13.6 Å². The molecule has 0 saturated heterocycles. The van der Waals surface area contributed by atoms with Gasteiger partial charge in [-0.2, -0.15) is 0 Å². The summed E-state index contributed by atoms with van der Waals surface area (Å²) in [5, 5.41) is 6.65. The summed E-state index contributed by atoms with van der Waals surface area (Å²) in [4.78, 5) is 8.60. The third-order valence-corrected chi connectivity index (χ3v) is 4.25. The summed E-state index contributed by atoms with van der Waals surface area (Å²) in [7, 11) is 1.78. The van der Waals surface area contributed by atoms with Crippen LogP contribution in [-0.2, 0) is 19.6 Å². The van der Waals surface area contributed by atoms with Crippen LogP contribution in [0.1, 0.15) is 16.8 Å². The van der Waals surface area contributed by atoms with E-state index in [1.165, 1.54) is 5.56 Å². The SMILES string of the molecule is CN=C(NCCc1ccccn1)NCc1ccc(COc2ccccc2)cc1. The molecule has 1 aromatic heterocycles. The number of hydrogen-bond acceptors (Lipinski definition) is 3. The van der Waals surface area contributed by atoms with Crippen LogP contribution in [0.2, 0.25) is 0 Å². The molecule has 5 heteroatoms. The van der Waals surface area contributed by atoms with Crippen LogP contribution in [0.15, 0.2) is 84.0 Å². The zero-order valence-electron chi connectivity index (χ0n) is 16.1. The van der Waals surface area contributed by atoms with E-state index in [-0.39, 0.29) is 0 Å². The van der Waals surface area contributed by atoms with E-state index in [2.05, 4.69) is 44.9 Å². The molecular weight excluding hydrogens is 348 g/mol. The van der Waals surface area contributed by atoms with Gasteiger partial charge in [0.05, 0.1) is 0 Å². The molecule has 0 saturated carbocycles. The van der Waals surface area contributed by atoms with Crippen LogP contribution in [0.25, 0.3) is 0 Å². The minimum Gasteiger partial charge on any atom is -0.489 e. The Bertz CT molecular complexity index is 849. The molecule has 144 valence electrons. The van der Waals surface area contributed by atoms with Gasteiger partial charge in [-0.1, -0.05) is 48.5 Å². The average molecular weight is 374 g/mol. The molecule has 2 aromatic carbocycles. The standard InChI is InChI=1S/C23H26N4O/c1-24-23(26-16-14-21-7-5-6-15-25-21)27-17-19-10-12-20(13-11-19)18-28-22-8-3-2-4-9-22/h2-13,15H,14,16-18H2,1H3,(H2,24,26,27). The maximum absolute atomic E-state index is 5.78. The fourth-order valence-electron chi connectivity index (χ4n) is 2.70. The molecule has 0 fully saturated rings. The molecule has 3 aromatic rings. The summed E-state index contributed by atoms with van der Waals surface area (Å²) in [5.41, 5.74) is 3.40. The molecule has 0 unspecified atom stereocenters. The summed E-state index contributed by atoms with van der Waals surface area (Å²) in [6, 6.07) is 24.2. The smallest absolute Gasteiger partial charge is 0.191 e. The number of pyridine rings is 1. The van der Waals surface area contributed by atoms with Crippen LogP contribution in [-0.4, -0.2) is 24.5 Å². The van der Waals surface area contributed by atoms with Crippen LogP contribution in [0.5, 0.6) is 5.75 Å². The Balaban J connectivity index is 1.40. The summed E-state index contributed by atoms with van der Waals surface area (Å²) in [6.45, 7) is 2.06. The van der Waals surface area contributed by atoms with Crippen molar-refractivity contribution in [3.8, 4) is 5.75 Å². The Morgan fingerprint density at radius 3 is 2.36 bits per heavy atom. The number of benzene rings is 2. The van der Waals surface area contributed by atoms with Crippen molar-refractivity contribution >= 4 is 5.96 Å². The van der Waals surface area contributed by atoms with Gasteiger partial charge >= 0.3 is 0 Å². The van der Waals surface area contributed by atoms with Crippen molar-refractivity contribution in [2.45, 2.75) is 19.6 Å². The second-order valence-corrected chi connectivity index (χ2v) is 6.34. The van der Waals surface area contributed by atoms with Crippen molar-refractivity contribution in [2.24, 2.45) is 4.99 Å². The molecule has 0 aliphatic rings. The Kier molecular flexibility index (Phi) is 7.44. The van der Waals surface area contributed by atoms with Crippen LogP contribution in [0.3, 0.4) is 0 Å². The van der Waals surface area contributed by atoms with Crippen LogP contribution in [0, 0.1) is 0 Å². The lowest BCUT2D eigenvalue weighted by Crippen LogP contribution is -2.37. The molecular formula is C23H26N4O. The summed E-state index contributed by atoms with van der Waals surface area (Å²) in [5.74, 6) is 1.67. The number of nitrogens with zero attached hydrogens (tertiary/aromatic N) is 2.